The third kappa shape index (κ3) is 4.83. The summed E-state index contributed by atoms with van der Waals surface area (Å²) in [5.74, 6) is 2.23. The van der Waals surface area contributed by atoms with Crippen LogP contribution in [-0.2, 0) is 6.54 Å². The van der Waals surface area contributed by atoms with E-state index in [1.54, 1.807) is 13.3 Å². The maximum Gasteiger partial charge on any atom is 0.206 e. The lowest BCUT2D eigenvalue weighted by Gasteiger charge is -2.27. The molecule has 1 aliphatic heterocycles. The van der Waals surface area contributed by atoms with Gasteiger partial charge >= 0.3 is 0 Å². The quantitative estimate of drug-likeness (QED) is 0.412. The van der Waals surface area contributed by atoms with Crippen molar-refractivity contribution < 1.29 is 4.74 Å². The Bertz CT molecular complexity index is 1190. The molecule has 0 radical (unpaired) electrons. The summed E-state index contributed by atoms with van der Waals surface area (Å²) in [6, 6.07) is 12.1. The summed E-state index contributed by atoms with van der Waals surface area (Å²) in [5.41, 5.74) is 5.01. The number of fused-ring (bicyclic) bond motifs is 1. The fraction of sp³-hybridized carbons (Fsp3) is 0.261. The first-order chi connectivity index (χ1) is 15.3. The molecular formula is C23H26ClN7O. The molecule has 1 aromatic carbocycles. The van der Waals surface area contributed by atoms with E-state index in [4.69, 9.17) is 4.74 Å². The van der Waals surface area contributed by atoms with Crippen molar-refractivity contribution in [2.24, 2.45) is 0 Å². The van der Waals surface area contributed by atoms with Gasteiger partial charge in [-0.25, -0.2) is 9.97 Å². The molecule has 0 spiro atoms. The Morgan fingerprint density at radius 2 is 1.97 bits per heavy atom. The van der Waals surface area contributed by atoms with E-state index in [9.17, 15) is 0 Å². The molecule has 0 amide bonds. The summed E-state index contributed by atoms with van der Waals surface area (Å²) in [7, 11) is 1.67. The van der Waals surface area contributed by atoms with Gasteiger partial charge in [-0.2, -0.15) is 0 Å². The number of piperazine rings is 1. The highest BCUT2D eigenvalue weighted by molar-refractivity contribution is 5.85. The standard InChI is InChI=1S/C23H25N7O.ClH/c1-31-21-5-6-25-14-18(21)17-2-3-19-20(13-17)28-23(27-19)29-22-12-16(4-7-26-22)15-30-10-8-24-9-11-30;/h2-7,12-14,24H,8-11,15H2,1H3,(H2,26,27,28,29);1H. The highest BCUT2D eigenvalue weighted by Gasteiger charge is 2.12. The maximum atomic E-state index is 5.47. The fourth-order valence-corrected chi connectivity index (χ4v) is 3.90. The number of H-pyrrole nitrogens is 1. The molecule has 8 nitrogen and oxygen atoms in total. The lowest BCUT2D eigenvalue weighted by molar-refractivity contribution is 0.233. The topological polar surface area (TPSA) is 91.0 Å². The lowest BCUT2D eigenvalue weighted by Crippen LogP contribution is -2.42. The zero-order valence-electron chi connectivity index (χ0n) is 17.8. The average Bonchev–Trinajstić information content (AvgIpc) is 3.21. The predicted octanol–water partition coefficient (Wildman–Crippen LogP) is 3.60. The molecule has 0 atom stereocenters. The number of nitrogens with one attached hydrogen (secondary N) is 3. The first kappa shape index (κ1) is 22.0. The highest BCUT2D eigenvalue weighted by atomic mass is 35.5. The van der Waals surface area contributed by atoms with E-state index in [1.165, 1.54) is 5.56 Å². The zero-order chi connectivity index (χ0) is 21.0. The van der Waals surface area contributed by atoms with E-state index in [2.05, 4.69) is 53.7 Å². The molecular weight excluding hydrogens is 426 g/mol. The summed E-state index contributed by atoms with van der Waals surface area (Å²) >= 11 is 0. The lowest BCUT2D eigenvalue weighted by atomic mass is 10.1. The van der Waals surface area contributed by atoms with Crippen LogP contribution in [0.4, 0.5) is 11.8 Å². The number of aromatic nitrogens is 4. The van der Waals surface area contributed by atoms with Crippen molar-refractivity contribution in [2.45, 2.75) is 6.54 Å². The van der Waals surface area contributed by atoms with Crippen LogP contribution in [0.2, 0.25) is 0 Å². The monoisotopic (exact) mass is 451 g/mol. The van der Waals surface area contributed by atoms with Crippen LogP contribution in [0, 0.1) is 0 Å². The molecule has 0 bridgehead atoms. The Morgan fingerprint density at radius 3 is 2.81 bits per heavy atom. The Labute approximate surface area is 192 Å². The smallest absolute Gasteiger partial charge is 0.206 e. The van der Waals surface area contributed by atoms with Crippen molar-refractivity contribution in [3.8, 4) is 16.9 Å². The molecule has 1 aliphatic rings. The first-order valence-electron chi connectivity index (χ1n) is 10.4. The number of aromatic amines is 1. The molecule has 0 saturated carbocycles. The van der Waals surface area contributed by atoms with Crippen LogP contribution < -0.4 is 15.4 Å². The number of pyridine rings is 2. The van der Waals surface area contributed by atoms with Gasteiger partial charge in [0.05, 0.1) is 18.1 Å². The van der Waals surface area contributed by atoms with Gasteiger partial charge in [0.25, 0.3) is 0 Å². The molecule has 0 unspecified atom stereocenters. The first-order valence-corrected chi connectivity index (χ1v) is 10.4. The Hall–Kier alpha value is -3.20. The summed E-state index contributed by atoms with van der Waals surface area (Å²) in [6.07, 6.45) is 5.38. The van der Waals surface area contributed by atoms with Gasteiger partial charge in [-0.3, -0.25) is 9.88 Å². The van der Waals surface area contributed by atoms with Crippen LogP contribution in [0.1, 0.15) is 5.56 Å². The number of halogens is 1. The van der Waals surface area contributed by atoms with Crippen LogP contribution >= 0.6 is 12.4 Å². The molecule has 32 heavy (non-hydrogen) atoms. The molecule has 0 aliphatic carbocycles. The number of rotatable bonds is 6. The summed E-state index contributed by atoms with van der Waals surface area (Å²) < 4.78 is 5.47. The van der Waals surface area contributed by atoms with E-state index in [-0.39, 0.29) is 12.4 Å². The Morgan fingerprint density at radius 1 is 1.09 bits per heavy atom. The van der Waals surface area contributed by atoms with Gasteiger partial charge < -0.3 is 20.4 Å². The third-order valence-corrected chi connectivity index (χ3v) is 5.48. The number of methoxy groups -OCH3 is 1. The van der Waals surface area contributed by atoms with Gasteiger partial charge in [0.2, 0.25) is 5.95 Å². The molecule has 1 saturated heterocycles. The van der Waals surface area contributed by atoms with E-state index in [1.807, 2.05) is 30.6 Å². The Kier molecular flexibility index (Phi) is 6.84. The van der Waals surface area contributed by atoms with E-state index in [0.29, 0.717) is 5.95 Å². The molecule has 4 aromatic rings. The third-order valence-electron chi connectivity index (χ3n) is 5.48. The number of anilines is 2. The molecule has 3 aromatic heterocycles. The number of imidazole rings is 1. The summed E-state index contributed by atoms with van der Waals surface area (Å²) in [5, 5.41) is 6.70. The molecule has 4 heterocycles. The maximum absolute atomic E-state index is 5.47. The van der Waals surface area contributed by atoms with Crippen LogP contribution in [0.5, 0.6) is 5.75 Å². The van der Waals surface area contributed by atoms with Crippen LogP contribution in [0.3, 0.4) is 0 Å². The van der Waals surface area contributed by atoms with Crippen molar-refractivity contribution in [1.82, 2.24) is 30.2 Å². The number of benzene rings is 1. The van der Waals surface area contributed by atoms with E-state index >= 15 is 0 Å². The zero-order valence-corrected chi connectivity index (χ0v) is 18.7. The SMILES string of the molecule is COc1ccncc1-c1ccc2nc(Nc3cc(CN4CCNCC4)ccn3)[nH]c2c1.Cl. The average molecular weight is 452 g/mol. The molecule has 1 fully saturated rings. The normalized spacial score (nSPS) is 14.2. The predicted molar refractivity (Wildman–Crippen MR) is 129 cm³/mol. The second kappa shape index (κ2) is 9.95. The van der Waals surface area contributed by atoms with E-state index in [0.717, 1.165) is 66.5 Å². The summed E-state index contributed by atoms with van der Waals surface area (Å²) in [6.45, 7) is 5.15. The number of hydrogen-bond acceptors (Lipinski definition) is 7. The van der Waals surface area contributed by atoms with Gasteiger partial charge in [0.1, 0.15) is 11.6 Å². The molecule has 166 valence electrons. The number of nitrogens with zero attached hydrogens (tertiary/aromatic N) is 4. The highest BCUT2D eigenvalue weighted by Crippen LogP contribution is 2.31. The second-order valence-electron chi connectivity index (χ2n) is 7.59. The van der Waals surface area contributed by atoms with Crippen molar-refractivity contribution in [3.63, 3.8) is 0 Å². The van der Waals surface area contributed by atoms with E-state index < -0.39 is 0 Å². The molecule has 5 rings (SSSR count). The van der Waals surface area contributed by atoms with Crippen molar-refractivity contribution in [3.05, 3.63) is 60.6 Å². The molecule has 9 heteroatoms. The minimum Gasteiger partial charge on any atom is -0.496 e. The van der Waals surface area contributed by atoms with Gasteiger partial charge in [-0.15, -0.1) is 12.4 Å². The van der Waals surface area contributed by atoms with Crippen LogP contribution in [0.15, 0.2) is 55.0 Å². The minimum absolute atomic E-state index is 0. The van der Waals surface area contributed by atoms with Crippen LogP contribution in [-0.4, -0.2) is 58.1 Å². The molecule has 3 N–H and O–H groups in total. The number of hydrogen-bond donors (Lipinski definition) is 3. The largest absolute Gasteiger partial charge is 0.496 e. The van der Waals surface area contributed by atoms with Crippen LogP contribution in [0.25, 0.3) is 22.2 Å². The van der Waals surface area contributed by atoms with Gasteiger partial charge in [-0.05, 0) is 41.5 Å². The van der Waals surface area contributed by atoms with Crippen molar-refractivity contribution >= 4 is 35.2 Å². The fourth-order valence-electron chi connectivity index (χ4n) is 3.90. The van der Waals surface area contributed by atoms with Gasteiger partial charge in [0.15, 0.2) is 0 Å². The van der Waals surface area contributed by atoms with Gasteiger partial charge in [-0.1, -0.05) is 6.07 Å². The summed E-state index contributed by atoms with van der Waals surface area (Å²) in [4.78, 5) is 19.1. The van der Waals surface area contributed by atoms with Crippen molar-refractivity contribution in [2.75, 3.05) is 38.6 Å². The Balaban J connectivity index is 0.00000245. The second-order valence-corrected chi connectivity index (χ2v) is 7.59. The number of ether oxygens (including phenoxy) is 1. The van der Waals surface area contributed by atoms with Gasteiger partial charge in [0, 0.05) is 56.9 Å². The van der Waals surface area contributed by atoms with Crippen molar-refractivity contribution in [1.29, 1.82) is 0 Å². The minimum atomic E-state index is 0.